The summed E-state index contributed by atoms with van der Waals surface area (Å²) in [5.41, 5.74) is -0.359. The minimum Gasteiger partial charge on any atom is -0.351 e. The molecule has 0 spiro atoms. The third kappa shape index (κ3) is 4.72. The molecule has 24 heavy (non-hydrogen) atoms. The van der Waals surface area contributed by atoms with E-state index < -0.39 is 34.9 Å². The molecule has 1 aromatic heterocycles. The number of rotatable bonds is 6. The molecule has 2 aromatic rings. The van der Waals surface area contributed by atoms with Crippen LogP contribution >= 0.6 is 11.3 Å². The summed E-state index contributed by atoms with van der Waals surface area (Å²) < 4.78 is 50.8. The molecular weight excluding hydrogens is 352 g/mol. The van der Waals surface area contributed by atoms with Gasteiger partial charge in [-0.3, -0.25) is 9.59 Å². The average molecular weight is 362 g/mol. The first-order valence-corrected chi connectivity index (χ1v) is 7.33. The van der Waals surface area contributed by atoms with Crippen LogP contribution in [0.2, 0.25) is 0 Å². The van der Waals surface area contributed by atoms with E-state index in [-0.39, 0.29) is 23.7 Å². The number of carbonyl (C=O) groups excluding carboxylic acids is 2. The number of amides is 2. The van der Waals surface area contributed by atoms with Crippen molar-refractivity contribution in [3.05, 3.63) is 40.4 Å². The predicted molar refractivity (Wildman–Crippen MR) is 76.8 cm³/mol. The summed E-state index contributed by atoms with van der Waals surface area (Å²) in [4.78, 5) is 23.3. The molecule has 2 amide bonds. The van der Waals surface area contributed by atoms with Gasteiger partial charge in [0.25, 0.3) is 12.3 Å². The minimum absolute atomic E-state index is 0.0915. The van der Waals surface area contributed by atoms with Gasteiger partial charge in [0.2, 0.25) is 11.0 Å². The highest BCUT2D eigenvalue weighted by Crippen LogP contribution is 2.25. The van der Waals surface area contributed by atoms with Crippen molar-refractivity contribution in [2.45, 2.75) is 12.8 Å². The van der Waals surface area contributed by atoms with E-state index in [2.05, 4.69) is 20.8 Å². The van der Waals surface area contributed by atoms with Gasteiger partial charge in [0.05, 0.1) is 5.56 Å². The molecule has 0 atom stereocenters. The Morgan fingerprint density at radius 1 is 1.21 bits per heavy atom. The summed E-state index contributed by atoms with van der Waals surface area (Å²) in [6.07, 6.45) is -2.98. The molecule has 0 saturated carbocycles. The Hall–Kier alpha value is -2.56. The smallest absolute Gasteiger partial charge is 0.291 e. The van der Waals surface area contributed by atoms with Gasteiger partial charge < -0.3 is 10.6 Å². The number of hydrogen-bond acceptors (Lipinski definition) is 5. The van der Waals surface area contributed by atoms with E-state index in [1.807, 2.05) is 0 Å². The fourth-order valence-corrected chi connectivity index (χ4v) is 2.23. The molecule has 0 bridgehead atoms. The number of carbonyl (C=O) groups is 2. The molecule has 2 rings (SSSR count). The van der Waals surface area contributed by atoms with Gasteiger partial charge >= 0.3 is 0 Å². The molecule has 0 saturated heterocycles. The molecule has 2 N–H and O–H groups in total. The molecule has 0 fully saturated rings. The zero-order chi connectivity index (χ0) is 17.7. The van der Waals surface area contributed by atoms with Crippen molar-refractivity contribution in [1.29, 1.82) is 0 Å². The van der Waals surface area contributed by atoms with Gasteiger partial charge in [-0.25, -0.2) is 17.6 Å². The maximum Gasteiger partial charge on any atom is 0.291 e. The van der Waals surface area contributed by atoms with Crippen LogP contribution in [0.3, 0.4) is 0 Å². The van der Waals surface area contributed by atoms with E-state index in [9.17, 15) is 27.2 Å². The van der Waals surface area contributed by atoms with Crippen molar-refractivity contribution in [2.24, 2.45) is 0 Å². The molecular formula is C13H10F4N4O2S. The van der Waals surface area contributed by atoms with Crippen LogP contribution in [-0.4, -0.2) is 28.6 Å². The number of hydrogen-bond donors (Lipinski definition) is 2. The highest BCUT2D eigenvalue weighted by Gasteiger charge is 2.16. The number of nitrogens with one attached hydrogen (secondary N) is 2. The van der Waals surface area contributed by atoms with Crippen molar-refractivity contribution in [1.82, 2.24) is 15.5 Å². The van der Waals surface area contributed by atoms with Gasteiger partial charge in [0.15, 0.2) is 5.01 Å². The van der Waals surface area contributed by atoms with Crippen molar-refractivity contribution < 1.29 is 27.2 Å². The topological polar surface area (TPSA) is 84.0 Å². The van der Waals surface area contributed by atoms with Crippen LogP contribution in [0.4, 0.5) is 22.7 Å². The average Bonchev–Trinajstić information content (AvgIpc) is 2.95. The van der Waals surface area contributed by atoms with E-state index in [0.29, 0.717) is 17.4 Å². The Morgan fingerprint density at radius 2 is 1.96 bits per heavy atom. The van der Waals surface area contributed by atoms with Crippen LogP contribution in [-0.2, 0) is 4.79 Å². The zero-order valence-corrected chi connectivity index (χ0v) is 12.7. The largest absolute Gasteiger partial charge is 0.351 e. The van der Waals surface area contributed by atoms with E-state index in [0.717, 1.165) is 12.1 Å². The molecule has 11 heteroatoms. The van der Waals surface area contributed by atoms with Crippen LogP contribution in [0.25, 0.3) is 0 Å². The molecule has 0 aliphatic heterocycles. The van der Waals surface area contributed by atoms with Crippen LogP contribution < -0.4 is 10.6 Å². The molecule has 0 aliphatic rings. The molecule has 0 aliphatic carbocycles. The second-order valence-electron chi connectivity index (χ2n) is 4.42. The van der Waals surface area contributed by atoms with E-state index in [1.54, 1.807) is 0 Å². The van der Waals surface area contributed by atoms with Gasteiger partial charge in [-0.1, -0.05) is 11.3 Å². The Labute approximate surface area is 136 Å². The van der Waals surface area contributed by atoms with E-state index >= 15 is 0 Å². The molecule has 1 aromatic carbocycles. The van der Waals surface area contributed by atoms with Crippen LogP contribution in [0.15, 0.2) is 18.2 Å². The number of nitrogens with zero attached hydrogens (tertiary/aromatic N) is 2. The molecule has 0 unspecified atom stereocenters. The Kier molecular flexibility index (Phi) is 5.79. The summed E-state index contributed by atoms with van der Waals surface area (Å²) in [6.45, 7) is -0.137. The van der Waals surface area contributed by atoms with Gasteiger partial charge in [-0.15, -0.1) is 10.2 Å². The van der Waals surface area contributed by atoms with E-state index in [1.165, 1.54) is 0 Å². The second-order valence-corrected chi connectivity index (χ2v) is 5.43. The number of benzene rings is 1. The number of alkyl halides is 2. The number of anilines is 1. The molecule has 0 radical (unpaired) electrons. The fraction of sp³-hybridized carbons (Fsp3) is 0.231. The SMILES string of the molecule is O=C(CCNC(=O)c1ccc(F)cc1F)Nc1nnc(C(F)F)s1. The predicted octanol–water partition coefficient (Wildman–Crippen LogP) is 2.51. The second kappa shape index (κ2) is 7.81. The fourth-order valence-electron chi connectivity index (χ4n) is 1.61. The lowest BCUT2D eigenvalue weighted by Gasteiger charge is -2.06. The van der Waals surface area contributed by atoms with Crippen molar-refractivity contribution in [3.8, 4) is 0 Å². The van der Waals surface area contributed by atoms with Crippen molar-refractivity contribution >= 4 is 28.3 Å². The Morgan fingerprint density at radius 3 is 2.58 bits per heavy atom. The summed E-state index contributed by atoms with van der Waals surface area (Å²) in [5.74, 6) is -3.24. The monoisotopic (exact) mass is 362 g/mol. The third-order valence-corrected chi connectivity index (χ3v) is 3.53. The molecule has 6 nitrogen and oxygen atoms in total. The first kappa shape index (κ1) is 17.8. The van der Waals surface area contributed by atoms with Crippen LogP contribution in [0.1, 0.15) is 28.2 Å². The lowest BCUT2D eigenvalue weighted by molar-refractivity contribution is -0.116. The first-order chi connectivity index (χ1) is 11.4. The zero-order valence-electron chi connectivity index (χ0n) is 11.9. The summed E-state index contributed by atoms with van der Waals surface area (Å²) >= 11 is 0.533. The number of aromatic nitrogens is 2. The Balaban J connectivity index is 1.80. The Bertz CT molecular complexity index is 753. The lowest BCUT2D eigenvalue weighted by atomic mass is 10.2. The maximum atomic E-state index is 13.4. The highest BCUT2D eigenvalue weighted by atomic mass is 32.1. The summed E-state index contributed by atoms with van der Waals surface area (Å²) in [7, 11) is 0. The van der Waals surface area contributed by atoms with Crippen molar-refractivity contribution in [2.75, 3.05) is 11.9 Å². The van der Waals surface area contributed by atoms with Gasteiger partial charge in [-0.2, -0.15) is 0 Å². The van der Waals surface area contributed by atoms with Crippen molar-refractivity contribution in [3.63, 3.8) is 0 Å². The molecule has 1 heterocycles. The lowest BCUT2D eigenvalue weighted by Crippen LogP contribution is -2.28. The third-order valence-electron chi connectivity index (χ3n) is 2.69. The van der Waals surface area contributed by atoms with Gasteiger partial charge in [0, 0.05) is 19.0 Å². The van der Waals surface area contributed by atoms with Gasteiger partial charge in [-0.05, 0) is 12.1 Å². The highest BCUT2D eigenvalue weighted by molar-refractivity contribution is 7.15. The quantitative estimate of drug-likeness (QED) is 0.774. The van der Waals surface area contributed by atoms with E-state index in [4.69, 9.17) is 0 Å². The van der Waals surface area contributed by atoms with Crippen LogP contribution in [0, 0.1) is 11.6 Å². The minimum atomic E-state index is -2.78. The summed E-state index contributed by atoms with van der Waals surface area (Å²) in [5, 5.41) is 10.5. The van der Waals surface area contributed by atoms with Gasteiger partial charge in [0.1, 0.15) is 11.6 Å². The first-order valence-electron chi connectivity index (χ1n) is 6.51. The maximum absolute atomic E-state index is 13.4. The number of halogens is 4. The van der Waals surface area contributed by atoms with Crippen LogP contribution in [0.5, 0.6) is 0 Å². The summed E-state index contributed by atoms with van der Waals surface area (Å²) in [6, 6.07) is 2.48. The normalized spacial score (nSPS) is 10.7. The molecule has 128 valence electrons. The standard InChI is InChI=1S/C13H10F4N4O2S/c14-6-1-2-7(8(15)5-6)11(23)18-4-3-9(22)19-13-21-20-12(24-13)10(16)17/h1-2,5,10H,3-4H2,(H,18,23)(H,19,21,22).